The molecule has 1 heterocycles. The molecule has 2 atom stereocenters. The molecule has 2 nitrogen and oxygen atoms in total. The van der Waals surface area contributed by atoms with Gasteiger partial charge in [-0.15, -0.1) is 0 Å². The van der Waals surface area contributed by atoms with Gasteiger partial charge in [0.25, 0.3) is 0 Å². The van der Waals surface area contributed by atoms with Crippen molar-refractivity contribution >= 4 is 0 Å². The second-order valence-electron chi connectivity index (χ2n) is 4.85. The lowest BCUT2D eigenvalue weighted by molar-refractivity contribution is 0.0752. The third kappa shape index (κ3) is 1.34. The number of nitrogens with one attached hydrogen (secondary N) is 1. The maximum absolute atomic E-state index is 14.7. The fourth-order valence-electron chi connectivity index (χ4n) is 2.98. The molecular formula is C13H13FN2. The van der Waals surface area contributed by atoms with Crippen LogP contribution in [0.3, 0.4) is 0 Å². The second-order valence-corrected chi connectivity index (χ2v) is 4.85. The molecule has 0 saturated carbocycles. The van der Waals surface area contributed by atoms with Crippen LogP contribution in [0.2, 0.25) is 0 Å². The van der Waals surface area contributed by atoms with Crippen LogP contribution in [0, 0.1) is 17.2 Å². The molecule has 1 N–H and O–H groups in total. The number of hydrogen-bond donors (Lipinski definition) is 1. The van der Waals surface area contributed by atoms with Gasteiger partial charge < -0.3 is 5.32 Å². The van der Waals surface area contributed by atoms with Gasteiger partial charge in [-0.1, -0.05) is 6.07 Å². The summed E-state index contributed by atoms with van der Waals surface area (Å²) in [5.41, 5.74) is 1.11. The van der Waals surface area contributed by atoms with E-state index in [1.54, 1.807) is 12.1 Å². The van der Waals surface area contributed by atoms with Gasteiger partial charge in [0.15, 0.2) is 0 Å². The Balaban J connectivity index is 2.14. The molecule has 82 valence electrons. The monoisotopic (exact) mass is 216 g/mol. The van der Waals surface area contributed by atoms with Crippen LogP contribution in [0.5, 0.6) is 0 Å². The van der Waals surface area contributed by atoms with Gasteiger partial charge in [-0.05, 0) is 48.6 Å². The van der Waals surface area contributed by atoms with Crippen molar-refractivity contribution in [3.05, 3.63) is 34.9 Å². The Bertz CT molecular complexity index is 477. The quantitative estimate of drug-likeness (QED) is 0.718. The number of nitrogens with zero attached hydrogens (tertiary/aromatic N) is 1. The molecule has 2 bridgehead atoms. The van der Waals surface area contributed by atoms with Crippen LogP contribution < -0.4 is 5.32 Å². The lowest BCUT2D eigenvalue weighted by atomic mass is 9.72. The van der Waals surface area contributed by atoms with Crippen molar-refractivity contribution in [1.82, 2.24) is 5.32 Å². The molecule has 1 aliphatic carbocycles. The zero-order chi connectivity index (χ0) is 11.2. The highest BCUT2D eigenvalue weighted by Crippen LogP contribution is 2.43. The molecule has 0 amide bonds. The van der Waals surface area contributed by atoms with E-state index in [9.17, 15) is 4.39 Å². The number of benzene rings is 1. The zero-order valence-corrected chi connectivity index (χ0v) is 8.96. The van der Waals surface area contributed by atoms with E-state index in [4.69, 9.17) is 5.26 Å². The minimum atomic E-state index is -1.26. The van der Waals surface area contributed by atoms with Gasteiger partial charge in [0.1, 0.15) is 5.67 Å². The molecule has 0 spiro atoms. The highest BCUT2D eigenvalue weighted by atomic mass is 19.1. The van der Waals surface area contributed by atoms with Gasteiger partial charge in [0.2, 0.25) is 0 Å². The Morgan fingerprint density at radius 3 is 3.19 bits per heavy atom. The fourth-order valence-corrected chi connectivity index (χ4v) is 2.98. The Labute approximate surface area is 94.1 Å². The summed E-state index contributed by atoms with van der Waals surface area (Å²) in [6.07, 6.45) is 1.53. The smallest absolute Gasteiger partial charge is 0.148 e. The van der Waals surface area contributed by atoms with Crippen LogP contribution in [0.15, 0.2) is 18.2 Å². The largest absolute Gasteiger partial charge is 0.313 e. The summed E-state index contributed by atoms with van der Waals surface area (Å²) in [7, 11) is 0. The average molecular weight is 216 g/mol. The number of halogens is 1. The summed E-state index contributed by atoms with van der Waals surface area (Å²) in [5.74, 6) is 0.402. The summed E-state index contributed by atoms with van der Waals surface area (Å²) in [5, 5.41) is 12.0. The minimum absolute atomic E-state index is 0.380. The normalized spacial score (nSPS) is 31.6. The van der Waals surface area contributed by atoms with E-state index in [0.29, 0.717) is 24.4 Å². The van der Waals surface area contributed by atoms with Gasteiger partial charge in [-0.3, -0.25) is 0 Å². The van der Waals surface area contributed by atoms with Gasteiger partial charge in [0.05, 0.1) is 11.6 Å². The molecular weight excluding hydrogens is 203 g/mol. The summed E-state index contributed by atoms with van der Waals surface area (Å²) in [6.45, 7) is 1.29. The van der Waals surface area contributed by atoms with Crippen LogP contribution in [0.4, 0.5) is 4.39 Å². The fraction of sp³-hybridized carbons (Fsp3) is 0.462. The number of nitriles is 1. The number of fused-ring (bicyclic) bond motifs is 4. The number of rotatable bonds is 0. The molecule has 0 radical (unpaired) electrons. The van der Waals surface area contributed by atoms with Gasteiger partial charge in [0, 0.05) is 6.54 Å². The van der Waals surface area contributed by atoms with Crippen molar-refractivity contribution in [3.8, 4) is 6.07 Å². The van der Waals surface area contributed by atoms with Crippen molar-refractivity contribution in [2.45, 2.75) is 18.5 Å². The highest BCUT2D eigenvalue weighted by molar-refractivity contribution is 5.43. The van der Waals surface area contributed by atoms with Gasteiger partial charge in [-0.25, -0.2) is 4.39 Å². The van der Waals surface area contributed by atoms with Crippen LogP contribution in [0.25, 0.3) is 0 Å². The second kappa shape index (κ2) is 3.29. The predicted octanol–water partition coefficient (Wildman–Crippen LogP) is 1.89. The van der Waals surface area contributed by atoms with E-state index in [1.165, 1.54) is 0 Å². The number of hydrogen-bond acceptors (Lipinski definition) is 2. The first-order valence-electron chi connectivity index (χ1n) is 5.64. The van der Waals surface area contributed by atoms with Crippen LogP contribution in [0.1, 0.15) is 23.1 Å². The van der Waals surface area contributed by atoms with Gasteiger partial charge in [-0.2, -0.15) is 5.26 Å². The summed E-state index contributed by atoms with van der Waals surface area (Å²) >= 11 is 0. The first kappa shape index (κ1) is 9.80. The molecule has 3 rings (SSSR count). The molecule has 2 aliphatic rings. The van der Waals surface area contributed by atoms with Crippen molar-refractivity contribution < 1.29 is 4.39 Å². The van der Waals surface area contributed by atoms with Crippen molar-refractivity contribution in [2.75, 3.05) is 13.1 Å². The van der Waals surface area contributed by atoms with Crippen molar-refractivity contribution in [3.63, 3.8) is 0 Å². The summed E-state index contributed by atoms with van der Waals surface area (Å²) < 4.78 is 14.7. The molecule has 1 aliphatic heterocycles. The Kier molecular flexibility index (Phi) is 2.02. The third-order valence-electron chi connectivity index (χ3n) is 3.68. The third-order valence-corrected chi connectivity index (χ3v) is 3.68. The highest BCUT2D eigenvalue weighted by Gasteiger charge is 2.43. The lowest BCUT2D eigenvalue weighted by Gasteiger charge is -2.41. The summed E-state index contributed by atoms with van der Waals surface area (Å²) in [4.78, 5) is 0. The standard InChI is InChI=1S/C13H13FN2/c14-13-5-10(7-16-8-13)3-11-2-1-9(6-15)4-12(11)13/h1-2,4,10,16H,3,5,7-8H2. The van der Waals surface area contributed by atoms with Crippen LogP contribution in [-0.2, 0) is 12.1 Å². The van der Waals surface area contributed by atoms with Gasteiger partial charge >= 0.3 is 0 Å². The molecule has 3 heteroatoms. The van der Waals surface area contributed by atoms with Crippen LogP contribution >= 0.6 is 0 Å². The molecule has 0 aromatic heterocycles. The SMILES string of the molecule is N#Cc1ccc2c(c1)C1(F)CNCC(C2)C1. The van der Waals surface area contributed by atoms with E-state index < -0.39 is 5.67 Å². The first-order valence-corrected chi connectivity index (χ1v) is 5.64. The van der Waals surface area contributed by atoms with E-state index >= 15 is 0 Å². The number of piperidine rings is 1. The predicted molar refractivity (Wildman–Crippen MR) is 58.6 cm³/mol. The Morgan fingerprint density at radius 1 is 1.50 bits per heavy atom. The molecule has 2 unspecified atom stereocenters. The molecule has 1 fully saturated rings. The average Bonchev–Trinajstić information content (AvgIpc) is 2.28. The molecule has 16 heavy (non-hydrogen) atoms. The molecule has 1 aromatic rings. The first-order chi connectivity index (χ1) is 7.71. The van der Waals surface area contributed by atoms with E-state index in [2.05, 4.69) is 11.4 Å². The van der Waals surface area contributed by atoms with Crippen LogP contribution in [-0.4, -0.2) is 13.1 Å². The molecule has 1 saturated heterocycles. The van der Waals surface area contributed by atoms with Crippen molar-refractivity contribution in [2.24, 2.45) is 5.92 Å². The Morgan fingerprint density at radius 2 is 2.38 bits per heavy atom. The molecule has 1 aromatic carbocycles. The maximum atomic E-state index is 14.7. The lowest BCUT2D eigenvalue weighted by Crippen LogP contribution is -2.48. The van der Waals surface area contributed by atoms with E-state index in [0.717, 1.165) is 24.1 Å². The van der Waals surface area contributed by atoms with E-state index in [1.807, 2.05) is 6.07 Å². The Hall–Kier alpha value is -1.40. The minimum Gasteiger partial charge on any atom is -0.313 e. The maximum Gasteiger partial charge on any atom is 0.148 e. The van der Waals surface area contributed by atoms with Crippen molar-refractivity contribution in [1.29, 1.82) is 5.26 Å². The summed E-state index contributed by atoms with van der Waals surface area (Å²) in [6, 6.07) is 7.51. The van der Waals surface area contributed by atoms with E-state index in [-0.39, 0.29) is 0 Å². The topological polar surface area (TPSA) is 35.8 Å². The zero-order valence-electron chi connectivity index (χ0n) is 8.96. The number of alkyl halides is 1.